The van der Waals surface area contributed by atoms with E-state index in [9.17, 15) is 18.7 Å². The smallest absolute Gasteiger partial charge is 0.339 e. The van der Waals surface area contributed by atoms with E-state index in [1.54, 1.807) is 0 Å². The van der Waals surface area contributed by atoms with Gasteiger partial charge < -0.3 is 9.84 Å². The topological polar surface area (TPSA) is 46.5 Å². The molecule has 1 rings (SSSR count). The third kappa shape index (κ3) is 2.51. The van der Waals surface area contributed by atoms with Gasteiger partial charge in [-0.3, -0.25) is 0 Å². The van der Waals surface area contributed by atoms with Gasteiger partial charge in [0.05, 0.1) is 12.7 Å². The average molecular weight is 281 g/mol. The van der Waals surface area contributed by atoms with E-state index in [1.807, 2.05) is 0 Å². The maximum absolute atomic E-state index is 13.2. The number of benzene rings is 1. The van der Waals surface area contributed by atoms with Crippen molar-refractivity contribution >= 4 is 21.9 Å². The molecule has 15 heavy (non-hydrogen) atoms. The van der Waals surface area contributed by atoms with Crippen LogP contribution < -0.4 is 0 Å². The minimum Gasteiger partial charge on any atom is -0.467 e. The Bertz CT molecular complexity index is 372. The molecule has 82 valence electrons. The van der Waals surface area contributed by atoms with Gasteiger partial charge in [0.25, 0.3) is 0 Å². The van der Waals surface area contributed by atoms with E-state index in [1.165, 1.54) is 0 Å². The van der Waals surface area contributed by atoms with Gasteiger partial charge >= 0.3 is 5.97 Å². The van der Waals surface area contributed by atoms with Crippen LogP contribution in [0.1, 0.15) is 11.7 Å². The van der Waals surface area contributed by atoms with Crippen molar-refractivity contribution < 1.29 is 23.4 Å². The molecule has 0 spiro atoms. The van der Waals surface area contributed by atoms with Gasteiger partial charge in [0.15, 0.2) is 6.10 Å². The molecule has 0 aromatic heterocycles. The zero-order valence-electron chi connectivity index (χ0n) is 7.63. The van der Waals surface area contributed by atoms with Crippen LogP contribution in [-0.4, -0.2) is 18.2 Å². The molecule has 1 atom stereocenters. The fraction of sp³-hybridized carbons (Fsp3) is 0.222. The Morgan fingerprint density at radius 2 is 1.93 bits per heavy atom. The van der Waals surface area contributed by atoms with Crippen LogP contribution in [0.5, 0.6) is 0 Å². The third-order valence-electron chi connectivity index (χ3n) is 1.74. The lowest BCUT2D eigenvalue weighted by molar-refractivity contribution is -0.151. The SMILES string of the molecule is COC(=O)C(O)c1c(F)cc(Br)cc1F. The predicted octanol–water partition coefficient (Wildman–Crippen LogP) is 1.93. The van der Waals surface area contributed by atoms with Gasteiger partial charge in [-0.2, -0.15) is 0 Å². The Morgan fingerprint density at radius 3 is 2.33 bits per heavy atom. The second-order valence-electron chi connectivity index (χ2n) is 2.71. The van der Waals surface area contributed by atoms with Gasteiger partial charge in [-0.15, -0.1) is 0 Å². The predicted molar refractivity (Wildman–Crippen MR) is 51.0 cm³/mol. The molecule has 1 aromatic rings. The van der Waals surface area contributed by atoms with Crippen LogP contribution in [-0.2, 0) is 9.53 Å². The van der Waals surface area contributed by atoms with E-state index < -0.39 is 29.3 Å². The Balaban J connectivity index is 3.19. The summed E-state index contributed by atoms with van der Waals surface area (Å²) in [5.41, 5.74) is -0.718. The van der Waals surface area contributed by atoms with Crippen molar-refractivity contribution in [2.45, 2.75) is 6.10 Å². The van der Waals surface area contributed by atoms with Gasteiger partial charge in [-0.1, -0.05) is 15.9 Å². The summed E-state index contributed by atoms with van der Waals surface area (Å²) >= 11 is 2.87. The summed E-state index contributed by atoms with van der Waals surface area (Å²) in [6.07, 6.45) is -1.96. The lowest BCUT2D eigenvalue weighted by atomic mass is 10.1. The summed E-state index contributed by atoms with van der Waals surface area (Å²) in [4.78, 5) is 10.9. The molecule has 6 heteroatoms. The highest BCUT2D eigenvalue weighted by Gasteiger charge is 2.25. The summed E-state index contributed by atoms with van der Waals surface area (Å²) in [7, 11) is 1.01. The van der Waals surface area contributed by atoms with E-state index in [0.717, 1.165) is 19.2 Å². The number of carbonyl (C=O) groups excluding carboxylic acids is 1. The highest BCUT2D eigenvalue weighted by Crippen LogP contribution is 2.25. The fourth-order valence-corrected chi connectivity index (χ4v) is 1.45. The Labute approximate surface area is 92.8 Å². The first-order valence-electron chi connectivity index (χ1n) is 3.87. The zero-order chi connectivity index (χ0) is 11.6. The van der Waals surface area contributed by atoms with Crippen molar-refractivity contribution in [3.05, 3.63) is 33.8 Å². The molecule has 0 heterocycles. The highest BCUT2D eigenvalue weighted by molar-refractivity contribution is 9.10. The molecule has 0 aliphatic heterocycles. The molecular formula is C9H7BrF2O3. The molecule has 0 aliphatic rings. The number of ether oxygens (including phenoxy) is 1. The molecular weight excluding hydrogens is 274 g/mol. The highest BCUT2D eigenvalue weighted by atomic mass is 79.9. The average Bonchev–Trinajstić information content (AvgIpc) is 2.14. The second kappa shape index (κ2) is 4.67. The summed E-state index contributed by atoms with van der Waals surface area (Å²) in [6, 6.07) is 1.90. The largest absolute Gasteiger partial charge is 0.467 e. The molecule has 0 amide bonds. The number of hydrogen-bond donors (Lipinski definition) is 1. The Kier molecular flexibility index (Phi) is 3.76. The van der Waals surface area contributed by atoms with Crippen molar-refractivity contribution in [2.24, 2.45) is 0 Å². The van der Waals surface area contributed by atoms with Crippen LogP contribution in [0.25, 0.3) is 0 Å². The zero-order valence-corrected chi connectivity index (χ0v) is 9.22. The molecule has 1 unspecified atom stereocenters. The Morgan fingerprint density at radius 1 is 1.47 bits per heavy atom. The number of methoxy groups -OCH3 is 1. The van der Waals surface area contributed by atoms with Crippen LogP contribution in [0.4, 0.5) is 8.78 Å². The van der Waals surface area contributed by atoms with Crippen molar-refractivity contribution in [1.82, 2.24) is 0 Å². The minimum absolute atomic E-state index is 0.179. The summed E-state index contributed by atoms with van der Waals surface area (Å²) in [5, 5.41) is 9.27. The molecule has 0 saturated carbocycles. The molecule has 0 bridgehead atoms. The van der Waals surface area contributed by atoms with Crippen LogP contribution in [0, 0.1) is 11.6 Å². The molecule has 1 N–H and O–H groups in total. The standard InChI is InChI=1S/C9H7BrF2O3/c1-15-9(14)8(13)7-5(11)2-4(10)3-6(7)12/h2-3,8,13H,1H3. The van der Waals surface area contributed by atoms with Crippen molar-refractivity contribution in [3.63, 3.8) is 0 Å². The molecule has 0 fully saturated rings. The number of halogens is 3. The van der Waals surface area contributed by atoms with E-state index in [-0.39, 0.29) is 4.47 Å². The molecule has 0 saturated heterocycles. The summed E-state index contributed by atoms with van der Waals surface area (Å²) in [6.45, 7) is 0. The van der Waals surface area contributed by atoms with Gasteiger partial charge in [0.2, 0.25) is 0 Å². The number of aliphatic hydroxyl groups is 1. The normalized spacial score (nSPS) is 12.3. The fourth-order valence-electron chi connectivity index (χ4n) is 1.04. The van der Waals surface area contributed by atoms with Gasteiger partial charge in [-0.05, 0) is 12.1 Å². The second-order valence-corrected chi connectivity index (χ2v) is 3.62. The lowest BCUT2D eigenvalue weighted by Gasteiger charge is -2.10. The van der Waals surface area contributed by atoms with E-state index >= 15 is 0 Å². The van der Waals surface area contributed by atoms with Crippen LogP contribution >= 0.6 is 15.9 Å². The van der Waals surface area contributed by atoms with Crippen molar-refractivity contribution in [3.8, 4) is 0 Å². The quantitative estimate of drug-likeness (QED) is 0.843. The number of aliphatic hydroxyl groups excluding tert-OH is 1. The van der Waals surface area contributed by atoms with Crippen molar-refractivity contribution in [1.29, 1.82) is 0 Å². The molecule has 1 aromatic carbocycles. The van der Waals surface area contributed by atoms with E-state index in [4.69, 9.17) is 0 Å². The van der Waals surface area contributed by atoms with Gasteiger partial charge in [-0.25, -0.2) is 13.6 Å². The summed E-state index contributed by atoms with van der Waals surface area (Å²) in [5.74, 6) is -3.14. The number of carbonyl (C=O) groups is 1. The first kappa shape index (κ1) is 12.1. The van der Waals surface area contributed by atoms with Crippen LogP contribution in [0.2, 0.25) is 0 Å². The maximum atomic E-state index is 13.2. The monoisotopic (exact) mass is 280 g/mol. The van der Waals surface area contributed by atoms with Gasteiger partial charge in [0.1, 0.15) is 11.6 Å². The first-order chi connectivity index (χ1) is 6.97. The number of hydrogen-bond acceptors (Lipinski definition) is 3. The molecule has 0 aliphatic carbocycles. The number of rotatable bonds is 2. The van der Waals surface area contributed by atoms with Crippen LogP contribution in [0.3, 0.4) is 0 Å². The lowest BCUT2D eigenvalue weighted by Crippen LogP contribution is -2.16. The van der Waals surface area contributed by atoms with E-state index in [2.05, 4.69) is 20.7 Å². The van der Waals surface area contributed by atoms with E-state index in [0.29, 0.717) is 0 Å². The Hall–Kier alpha value is -1.01. The summed E-state index contributed by atoms with van der Waals surface area (Å²) < 4.78 is 30.8. The maximum Gasteiger partial charge on any atom is 0.339 e. The van der Waals surface area contributed by atoms with Crippen molar-refractivity contribution in [2.75, 3.05) is 7.11 Å². The molecule has 3 nitrogen and oxygen atoms in total. The van der Waals surface area contributed by atoms with Gasteiger partial charge in [0, 0.05) is 4.47 Å². The third-order valence-corrected chi connectivity index (χ3v) is 2.20. The first-order valence-corrected chi connectivity index (χ1v) is 4.67. The van der Waals surface area contributed by atoms with Crippen LogP contribution in [0.15, 0.2) is 16.6 Å². The molecule has 0 radical (unpaired) electrons. The number of esters is 1. The minimum atomic E-state index is -1.96.